The van der Waals surface area contributed by atoms with Crippen molar-refractivity contribution in [3.63, 3.8) is 0 Å². The predicted octanol–water partition coefficient (Wildman–Crippen LogP) is 2.78. The number of carbonyl (C=O) groups is 1. The molecule has 1 aromatic carbocycles. The highest BCUT2D eigenvalue weighted by Gasteiger charge is 2.20. The van der Waals surface area contributed by atoms with E-state index in [0.29, 0.717) is 42.8 Å². The summed E-state index contributed by atoms with van der Waals surface area (Å²) in [5, 5.41) is 14.6. The van der Waals surface area contributed by atoms with Crippen LogP contribution in [-0.4, -0.2) is 43.1 Å². The van der Waals surface area contributed by atoms with Gasteiger partial charge < -0.3 is 30.0 Å². The number of rotatable bonds is 9. The molecule has 3 N–H and O–H groups in total. The van der Waals surface area contributed by atoms with Crippen molar-refractivity contribution in [2.75, 3.05) is 31.7 Å². The van der Waals surface area contributed by atoms with E-state index in [4.69, 9.17) is 14.2 Å². The highest BCUT2D eigenvalue weighted by atomic mass is 16.5. The number of hydrogen-bond acceptors (Lipinski definition) is 5. The number of benzene rings is 1. The van der Waals surface area contributed by atoms with E-state index in [-0.39, 0.29) is 6.61 Å². The van der Waals surface area contributed by atoms with Crippen molar-refractivity contribution in [2.45, 2.75) is 40.2 Å². The smallest absolute Gasteiger partial charge is 0.319 e. The van der Waals surface area contributed by atoms with Gasteiger partial charge in [-0.1, -0.05) is 0 Å². The van der Waals surface area contributed by atoms with Gasteiger partial charge in [-0.2, -0.15) is 0 Å². The molecular weight excluding hydrogens is 312 g/mol. The second-order valence-corrected chi connectivity index (χ2v) is 5.72. The molecule has 1 aromatic rings. The summed E-state index contributed by atoms with van der Waals surface area (Å²) in [6, 6.07) is 2.94. The maximum Gasteiger partial charge on any atom is 0.319 e. The molecule has 0 saturated heterocycles. The minimum Gasteiger partial charge on any atom is -0.490 e. The summed E-state index contributed by atoms with van der Waals surface area (Å²) < 4.78 is 16.8. The number of ether oxygens (including phenoxy) is 3. The first-order chi connectivity index (χ1) is 11.4. The van der Waals surface area contributed by atoms with Crippen molar-refractivity contribution < 1.29 is 24.1 Å². The Kier molecular flexibility index (Phi) is 7.64. The molecular formula is C17H28N2O5. The molecule has 7 heteroatoms. The maximum absolute atomic E-state index is 12.1. The molecule has 0 saturated carbocycles. The zero-order valence-electron chi connectivity index (χ0n) is 15.1. The van der Waals surface area contributed by atoms with Crippen LogP contribution in [0, 0.1) is 0 Å². The molecule has 0 unspecified atom stereocenters. The fourth-order valence-electron chi connectivity index (χ4n) is 1.97. The quantitative estimate of drug-likeness (QED) is 0.643. The van der Waals surface area contributed by atoms with Crippen molar-refractivity contribution in [3.8, 4) is 17.2 Å². The van der Waals surface area contributed by atoms with Gasteiger partial charge in [0, 0.05) is 12.1 Å². The summed E-state index contributed by atoms with van der Waals surface area (Å²) in [4.78, 5) is 12.1. The van der Waals surface area contributed by atoms with E-state index in [0.717, 1.165) is 0 Å². The van der Waals surface area contributed by atoms with Gasteiger partial charge in [0.1, 0.15) is 0 Å². The van der Waals surface area contributed by atoms with Crippen molar-refractivity contribution >= 4 is 11.7 Å². The van der Waals surface area contributed by atoms with Crippen LogP contribution in [0.25, 0.3) is 0 Å². The maximum atomic E-state index is 12.1. The summed E-state index contributed by atoms with van der Waals surface area (Å²) in [5.74, 6) is 1.52. The van der Waals surface area contributed by atoms with Crippen LogP contribution in [0.1, 0.15) is 34.6 Å². The fraction of sp³-hybridized carbons (Fsp3) is 0.588. The number of urea groups is 1. The lowest BCUT2D eigenvalue weighted by Gasteiger charge is -2.24. The van der Waals surface area contributed by atoms with Crippen molar-refractivity contribution in [1.82, 2.24) is 5.32 Å². The Morgan fingerprint density at radius 2 is 1.54 bits per heavy atom. The molecule has 0 aliphatic rings. The topological polar surface area (TPSA) is 89.1 Å². The molecule has 2 amide bonds. The summed E-state index contributed by atoms with van der Waals surface area (Å²) >= 11 is 0. The average Bonchev–Trinajstić information content (AvgIpc) is 2.50. The number of aliphatic hydroxyl groups excluding tert-OH is 1. The molecule has 7 nitrogen and oxygen atoms in total. The van der Waals surface area contributed by atoms with Gasteiger partial charge in [-0.15, -0.1) is 0 Å². The molecule has 0 radical (unpaired) electrons. The molecule has 0 bridgehead atoms. The molecule has 136 valence electrons. The van der Waals surface area contributed by atoms with Crippen LogP contribution in [0.15, 0.2) is 12.1 Å². The first-order valence-electron chi connectivity index (χ1n) is 8.13. The fourth-order valence-corrected chi connectivity index (χ4v) is 1.97. The van der Waals surface area contributed by atoms with Crippen LogP contribution in [0.5, 0.6) is 17.2 Å². The molecule has 0 fully saturated rings. The predicted molar refractivity (Wildman–Crippen MR) is 93.3 cm³/mol. The molecule has 0 atom stereocenters. The van der Waals surface area contributed by atoms with Crippen LogP contribution < -0.4 is 24.8 Å². The van der Waals surface area contributed by atoms with E-state index in [1.54, 1.807) is 26.0 Å². The Bertz CT molecular complexity index is 519. The van der Waals surface area contributed by atoms with Crippen LogP contribution in [0.4, 0.5) is 10.5 Å². The standard InChI is InChI=1S/C17H28N2O5/c1-6-22-13-9-12(18-16(21)19-17(4,5)11-20)10-14(23-7-2)15(13)24-8-3/h9-10,20H,6-8,11H2,1-5H3,(H2,18,19,21). The van der Waals surface area contributed by atoms with Crippen molar-refractivity contribution in [1.29, 1.82) is 0 Å². The van der Waals surface area contributed by atoms with Gasteiger partial charge in [0.05, 0.1) is 37.7 Å². The lowest BCUT2D eigenvalue weighted by Crippen LogP contribution is -2.48. The minimum atomic E-state index is -0.721. The SMILES string of the molecule is CCOc1cc(NC(=O)NC(C)(C)CO)cc(OCC)c1OCC. The van der Waals surface area contributed by atoms with E-state index in [1.807, 2.05) is 20.8 Å². The first-order valence-corrected chi connectivity index (χ1v) is 8.13. The van der Waals surface area contributed by atoms with Crippen LogP contribution in [-0.2, 0) is 0 Å². The van der Waals surface area contributed by atoms with E-state index >= 15 is 0 Å². The van der Waals surface area contributed by atoms with Gasteiger partial charge in [0.25, 0.3) is 0 Å². The van der Waals surface area contributed by atoms with Gasteiger partial charge in [0.2, 0.25) is 5.75 Å². The van der Waals surface area contributed by atoms with E-state index in [9.17, 15) is 9.90 Å². The number of nitrogens with one attached hydrogen (secondary N) is 2. The van der Waals surface area contributed by atoms with Crippen LogP contribution >= 0.6 is 0 Å². The number of hydrogen-bond donors (Lipinski definition) is 3. The third kappa shape index (κ3) is 5.81. The van der Waals surface area contributed by atoms with E-state index in [2.05, 4.69) is 10.6 Å². The van der Waals surface area contributed by atoms with Gasteiger partial charge in [0.15, 0.2) is 11.5 Å². The highest BCUT2D eigenvalue weighted by molar-refractivity contribution is 5.90. The number of aliphatic hydroxyl groups is 1. The van der Waals surface area contributed by atoms with Gasteiger partial charge >= 0.3 is 6.03 Å². The summed E-state index contributed by atoms with van der Waals surface area (Å²) in [6.07, 6.45) is 0. The summed E-state index contributed by atoms with van der Waals surface area (Å²) in [6.45, 7) is 10.3. The first kappa shape index (κ1) is 19.9. The summed E-state index contributed by atoms with van der Waals surface area (Å²) in [5.41, 5.74) is -0.211. The summed E-state index contributed by atoms with van der Waals surface area (Å²) in [7, 11) is 0. The second-order valence-electron chi connectivity index (χ2n) is 5.72. The lowest BCUT2D eigenvalue weighted by molar-refractivity contribution is 0.187. The lowest BCUT2D eigenvalue weighted by atomic mass is 10.1. The molecule has 0 heterocycles. The second kappa shape index (κ2) is 9.22. The Balaban J connectivity index is 3.08. The third-order valence-electron chi connectivity index (χ3n) is 3.01. The molecule has 24 heavy (non-hydrogen) atoms. The van der Waals surface area contributed by atoms with Crippen LogP contribution in [0.3, 0.4) is 0 Å². The minimum absolute atomic E-state index is 0.169. The normalized spacial score (nSPS) is 10.9. The largest absolute Gasteiger partial charge is 0.490 e. The Morgan fingerprint density at radius 1 is 1.04 bits per heavy atom. The van der Waals surface area contributed by atoms with Crippen molar-refractivity contribution in [2.24, 2.45) is 0 Å². The third-order valence-corrected chi connectivity index (χ3v) is 3.01. The Hall–Kier alpha value is -2.15. The number of carbonyl (C=O) groups excluding carboxylic acids is 1. The molecule has 0 spiro atoms. The van der Waals surface area contributed by atoms with E-state index in [1.165, 1.54) is 0 Å². The van der Waals surface area contributed by atoms with Gasteiger partial charge in [-0.3, -0.25) is 0 Å². The molecule has 0 aliphatic heterocycles. The monoisotopic (exact) mass is 340 g/mol. The molecule has 0 aromatic heterocycles. The van der Waals surface area contributed by atoms with Crippen LogP contribution in [0.2, 0.25) is 0 Å². The van der Waals surface area contributed by atoms with Crippen molar-refractivity contribution in [3.05, 3.63) is 12.1 Å². The van der Waals surface area contributed by atoms with Gasteiger partial charge in [-0.05, 0) is 34.6 Å². The zero-order chi connectivity index (χ0) is 18.2. The molecule has 0 aliphatic carbocycles. The number of amides is 2. The Labute approximate surface area is 143 Å². The van der Waals surface area contributed by atoms with Gasteiger partial charge in [-0.25, -0.2) is 4.79 Å². The van der Waals surface area contributed by atoms with E-state index < -0.39 is 11.6 Å². The Morgan fingerprint density at radius 3 is 1.96 bits per heavy atom. The zero-order valence-corrected chi connectivity index (χ0v) is 15.1. The average molecular weight is 340 g/mol. The highest BCUT2D eigenvalue weighted by Crippen LogP contribution is 2.40. The number of anilines is 1. The molecule has 1 rings (SSSR count).